The van der Waals surface area contributed by atoms with Crippen LogP contribution in [0.1, 0.15) is 39.3 Å². The Bertz CT molecular complexity index is 849. The maximum Gasteiger partial charge on any atom is 0.412 e. The van der Waals surface area contributed by atoms with Gasteiger partial charge in [0.25, 0.3) is 0 Å². The number of rotatable bonds is 4. The van der Waals surface area contributed by atoms with Gasteiger partial charge in [-0.2, -0.15) is 0 Å². The Kier molecular flexibility index (Phi) is 6.56. The van der Waals surface area contributed by atoms with Gasteiger partial charge < -0.3 is 15.4 Å². The molecule has 0 saturated heterocycles. The molecule has 1 unspecified atom stereocenters. The van der Waals surface area contributed by atoms with Crippen molar-refractivity contribution < 1.29 is 23.1 Å². The van der Waals surface area contributed by atoms with Gasteiger partial charge in [0.15, 0.2) is 11.6 Å². The van der Waals surface area contributed by atoms with Crippen molar-refractivity contribution in [1.82, 2.24) is 5.32 Å². The third-order valence-electron chi connectivity index (χ3n) is 3.58. The van der Waals surface area contributed by atoms with Gasteiger partial charge in [0.05, 0.1) is 6.04 Å². The van der Waals surface area contributed by atoms with Crippen molar-refractivity contribution in [3.63, 3.8) is 0 Å². The van der Waals surface area contributed by atoms with Crippen LogP contribution in [0.2, 0.25) is 0 Å². The number of hydrogen-bond donors (Lipinski definition) is 3. The lowest BCUT2D eigenvalue weighted by atomic mass is 10.1. The van der Waals surface area contributed by atoms with Gasteiger partial charge in [-0.25, -0.2) is 18.4 Å². The minimum absolute atomic E-state index is 0.436. The molecule has 0 bridgehead atoms. The molecule has 0 aromatic heterocycles. The predicted octanol–water partition coefficient (Wildman–Crippen LogP) is 5.19. The standard InChI is InChI=1S/C20H23F2N3O3/c1-12(13-5-10-16(21)17(22)11-13)23-18(26)24-14-6-8-15(9-7-14)25-19(27)28-20(2,3)4/h5-12H,1-4H3,(H,25,27)(H2,23,24,26). The summed E-state index contributed by atoms with van der Waals surface area (Å²) < 4.78 is 31.5. The van der Waals surface area contributed by atoms with Crippen LogP contribution in [-0.2, 0) is 4.74 Å². The van der Waals surface area contributed by atoms with Gasteiger partial charge in [-0.15, -0.1) is 0 Å². The van der Waals surface area contributed by atoms with Crippen molar-refractivity contribution >= 4 is 23.5 Å². The number of carbonyl (C=O) groups is 2. The van der Waals surface area contributed by atoms with Gasteiger partial charge in [-0.3, -0.25) is 5.32 Å². The topological polar surface area (TPSA) is 79.5 Å². The van der Waals surface area contributed by atoms with E-state index in [0.717, 1.165) is 12.1 Å². The van der Waals surface area contributed by atoms with Gasteiger partial charge in [-0.1, -0.05) is 6.07 Å². The summed E-state index contributed by atoms with van der Waals surface area (Å²) in [6, 6.07) is 8.85. The van der Waals surface area contributed by atoms with E-state index in [2.05, 4.69) is 16.0 Å². The Morgan fingerprint density at radius 1 is 0.929 bits per heavy atom. The van der Waals surface area contributed by atoms with E-state index in [1.807, 2.05) is 0 Å². The van der Waals surface area contributed by atoms with E-state index in [9.17, 15) is 18.4 Å². The minimum Gasteiger partial charge on any atom is -0.444 e. The molecule has 0 fully saturated rings. The normalized spacial score (nSPS) is 12.1. The number of carbonyl (C=O) groups excluding carboxylic acids is 2. The lowest BCUT2D eigenvalue weighted by Gasteiger charge is -2.19. The van der Waals surface area contributed by atoms with E-state index in [1.54, 1.807) is 52.0 Å². The average molecular weight is 391 g/mol. The van der Waals surface area contributed by atoms with E-state index in [1.165, 1.54) is 6.07 Å². The first-order chi connectivity index (χ1) is 13.0. The molecule has 0 heterocycles. The van der Waals surface area contributed by atoms with Crippen LogP contribution in [0.25, 0.3) is 0 Å². The Morgan fingerprint density at radius 2 is 1.50 bits per heavy atom. The number of benzene rings is 2. The predicted molar refractivity (Wildman–Crippen MR) is 103 cm³/mol. The smallest absolute Gasteiger partial charge is 0.412 e. The Hall–Kier alpha value is -3.16. The van der Waals surface area contributed by atoms with Crippen molar-refractivity contribution in [2.24, 2.45) is 0 Å². The van der Waals surface area contributed by atoms with Crippen LogP contribution in [0.15, 0.2) is 42.5 Å². The van der Waals surface area contributed by atoms with Crippen molar-refractivity contribution in [3.05, 3.63) is 59.7 Å². The van der Waals surface area contributed by atoms with Gasteiger partial charge >= 0.3 is 12.1 Å². The molecule has 28 heavy (non-hydrogen) atoms. The van der Waals surface area contributed by atoms with E-state index in [4.69, 9.17) is 4.74 Å². The summed E-state index contributed by atoms with van der Waals surface area (Å²) in [6.45, 7) is 6.94. The molecule has 0 saturated carbocycles. The SMILES string of the molecule is CC(NC(=O)Nc1ccc(NC(=O)OC(C)(C)C)cc1)c1ccc(F)c(F)c1. The number of anilines is 2. The van der Waals surface area contributed by atoms with Crippen molar-refractivity contribution in [1.29, 1.82) is 0 Å². The van der Waals surface area contributed by atoms with E-state index in [0.29, 0.717) is 16.9 Å². The monoisotopic (exact) mass is 391 g/mol. The fraction of sp³-hybridized carbons (Fsp3) is 0.300. The zero-order valence-electron chi connectivity index (χ0n) is 16.1. The second kappa shape index (κ2) is 8.69. The summed E-state index contributed by atoms with van der Waals surface area (Å²) in [5, 5.41) is 7.85. The molecule has 0 radical (unpaired) electrons. The highest BCUT2D eigenvalue weighted by Crippen LogP contribution is 2.18. The Labute approximate surface area is 162 Å². The molecule has 1 atom stereocenters. The number of ether oxygens (including phenoxy) is 1. The van der Waals surface area contributed by atoms with Crippen LogP contribution >= 0.6 is 0 Å². The molecule has 150 valence electrons. The number of nitrogens with one attached hydrogen (secondary N) is 3. The maximum atomic E-state index is 13.3. The maximum absolute atomic E-state index is 13.3. The van der Waals surface area contributed by atoms with Crippen LogP contribution in [-0.4, -0.2) is 17.7 Å². The van der Waals surface area contributed by atoms with Gasteiger partial charge in [0, 0.05) is 11.4 Å². The fourth-order valence-corrected chi connectivity index (χ4v) is 2.29. The Balaban J connectivity index is 1.89. The van der Waals surface area contributed by atoms with Crippen LogP contribution in [0, 0.1) is 11.6 Å². The van der Waals surface area contributed by atoms with Crippen molar-refractivity contribution in [3.8, 4) is 0 Å². The molecule has 2 aromatic rings. The molecule has 3 amide bonds. The summed E-state index contributed by atoms with van der Waals surface area (Å²) in [5.41, 5.74) is 0.833. The van der Waals surface area contributed by atoms with E-state index < -0.39 is 35.4 Å². The van der Waals surface area contributed by atoms with Crippen LogP contribution in [0.3, 0.4) is 0 Å². The molecule has 6 nitrogen and oxygen atoms in total. The molecule has 0 aliphatic carbocycles. The van der Waals surface area contributed by atoms with Gasteiger partial charge in [-0.05, 0) is 69.7 Å². The van der Waals surface area contributed by atoms with E-state index >= 15 is 0 Å². The molecule has 0 aliphatic rings. The molecule has 3 N–H and O–H groups in total. The molecule has 0 aliphatic heterocycles. The number of amides is 3. The summed E-state index contributed by atoms with van der Waals surface area (Å²) in [6.07, 6.45) is -0.577. The third-order valence-corrected chi connectivity index (χ3v) is 3.58. The lowest BCUT2D eigenvalue weighted by Crippen LogP contribution is -2.31. The third kappa shape index (κ3) is 6.53. The van der Waals surface area contributed by atoms with Crippen molar-refractivity contribution in [2.45, 2.75) is 39.3 Å². The molecule has 2 aromatic carbocycles. The summed E-state index contributed by atoms with van der Waals surface area (Å²) in [5.74, 6) is -1.92. The highest BCUT2D eigenvalue weighted by molar-refractivity contribution is 5.90. The zero-order chi connectivity index (χ0) is 20.9. The van der Waals surface area contributed by atoms with Gasteiger partial charge in [0.2, 0.25) is 0 Å². The van der Waals surface area contributed by atoms with E-state index in [-0.39, 0.29) is 0 Å². The first-order valence-corrected chi connectivity index (χ1v) is 8.66. The molecular weight excluding hydrogens is 368 g/mol. The molecular formula is C20H23F2N3O3. The van der Waals surface area contributed by atoms with Gasteiger partial charge in [0.1, 0.15) is 5.60 Å². The number of halogens is 2. The first-order valence-electron chi connectivity index (χ1n) is 8.66. The molecule has 2 rings (SSSR count). The molecule has 8 heteroatoms. The summed E-state index contributed by atoms with van der Waals surface area (Å²) >= 11 is 0. The zero-order valence-corrected chi connectivity index (χ0v) is 16.1. The Morgan fingerprint density at radius 3 is 2.04 bits per heavy atom. The first kappa shape index (κ1) is 21.1. The average Bonchev–Trinajstić information content (AvgIpc) is 2.57. The second-order valence-electron chi connectivity index (χ2n) is 7.20. The largest absolute Gasteiger partial charge is 0.444 e. The summed E-state index contributed by atoms with van der Waals surface area (Å²) in [7, 11) is 0. The van der Waals surface area contributed by atoms with Crippen LogP contribution < -0.4 is 16.0 Å². The minimum atomic E-state index is -0.973. The second-order valence-corrected chi connectivity index (χ2v) is 7.20. The quantitative estimate of drug-likeness (QED) is 0.671. The number of hydrogen-bond acceptors (Lipinski definition) is 3. The number of urea groups is 1. The lowest BCUT2D eigenvalue weighted by molar-refractivity contribution is 0.0636. The summed E-state index contributed by atoms with van der Waals surface area (Å²) in [4.78, 5) is 23.8. The molecule has 0 spiro atoms. The fourth-order valence-electron chi connectivity index (χ4n) is 2.29. The highest BCUT2D eigenvalue weighted by atomic mass is 19.2. The highest BCUT2D eigenvalue weighted by Gasteiger charge is 2.16. The van der Waals surface area contributed by atoms with Crippen molar-refractivity contribution in [2.75, 3.05) is 10.6 Å². The van der Waals surface area contributed by atoms with Crippen LogP contribution in [0.5, 0.6) is 0 Å². The van der Waals surface area contributed by atoms with Crippen LogP contribution in [0.4, 0.5) is 29.7 Å².